The van der Waals surface area contributed by atoms with Gasteiger partial charge in [0, 0.05) is 30.1 Å². The quantitative estimate of drug-likeness (QED) is 0.568. The lowest BCUT2D eigenvalue weighted by molar-refractivity contribution is -0.116. The van der Waals surface area contributed by atoms with Gasteiger partial charge < -0.3 is 5.32 Å². The predicted octanol–water partition coefficient (Wildman–Crippen LogP) is 1.62. The second kappa shape index (κ2) is 7.39. The first kappa shape index (κ1) is 17.5. The highest BCUT2D eigenvalue weighted by Crippen LogP contribution is 2.19. The molecule has 0 saturated carbocycles. The number of aryl methyl sites for hydroxylation is 2. The Morgan fingerprint density at radius 2 is 2.00 bits per heavy atom. The monoisotopic (exact) mass is 375 g/mol. The van der Waals surface area contributed by atoms with Crippen LogP contribution in [0.25, 0.3) is 22.3 Å². The lowest BCUT2D eigenvalue weighted by atomic mass is 10.2. The number of tetrazole rings is 1. The van der Waals surface area contributed by atoms with E-state index in [-0.39, 0.29) is 17.8 Å². The van der Waals surface area contributed by atoms with Crippen molar-refractivity contribution in [1.29, 1.82) is 0 Å². The number of amides is 1. The number of carbonyl (C=O) groups is 1. The van der Waals surface area contributed by atoms with Crippen molar-refractivity contribution in [3.05, 3.63) is 65.0 Å². The van der Waals surface area contributed by atoms with Crippen LogP contribution in [-0.4, -0.2) is 35.9 Å². The molecule has 1 N–H and O–H groups in total. The van der Waals surface area contributed by atoms with Crippen LogP contribution in [0.2, 0.25) is 0 Å². The van der Waals surface area contributed by atoms with Gasteiger partial charge in [-0.3, -0.25) is 14.3 Å². The Morgan fingerprint density at radius 1 is 1.14 bits per heavy atom. The zero-order valence-corrected chi connectivity index (χ0v) is 15.1. The first-order valence-electron chi connectivity index (χ1n) is 8.69. The third-order valence-corrected chi connectivity index (χ3v) is 4.34. The molecule has 9 heteroatoms. The van der Waals surface area contributed by atoms with Crippen LogP contribution in [0.5, 0.6) is 0 Å². The van der Waals surface area contributed by atoms with Gasteiger partial charge in [-0.2, -0.15) is 5.10 Å². The van der Waals surface area contributed by atoms with Crippen LogP contribution in [0.3, 0.4) is 0 Å². The van der Waals surface area contributed by atoms with Crippen LogP contribution < -0.4 is 10.7 Å². The van der Waals surface area contributed by atoms with Crippen LogP contribution in [0.4, 0.5) is 5.69 Å². The Bertz CT molecular complexity index is 1210. The molecule has 4 rings (SSSR count). The molecule has 9 nitrogen and oxygen atoms in total. The summed E-state index contributed by atoms with van der Waals surface area (Å²) in [7, 11) is 1.75. The number of rotatable bonds is 5. The van der Waals surface area contributed by atoms with E-state index in [2.05, 4.69) is 25.9 Å². The number of nitrogens with one attached hydrogen (secondary N) is 1. The molecule has 2 aromatic carbocycles. The average molecular weight is 375 g/mol. The molecule has 1 amide bonds. The minimum absolute atomic E-state index is 0.133. The fraction of sp³-hybridized carbons (Fsp3) is 0.158. The first-order chi connectivity index (χ1) is 13.6. The summed E-state index contributed by atoms with van der Waals surface area (Å²) >= 11 is 0. The van der Waals surface area contributed by atoms with E-state index in [1.165, 1.54) is 6.20 Å². The van der Waals surface area contributed by atoms with E-state index in [4.69, 9.17) is 0 Å². The molecule has 2 heterocycles. The van der Waals surface area contributed by atoms with E-state index >= 15 is 0 Å². The molecular weight excluding hydrogens is 358 g/mol. The number of aromatic nitrogens is 6. The van der Waals surface area contributed by atoms with Crippen molar-refractivity contribution in [2.45, 2.75) is 13.0 Å². The second-order valence-electron chi connectivity index (χ2n) is 6.25. The zero-order chi connectivity index (χ0) is 19.5. The smallest absolute Gasteiger partial charge is 0.226 e. The van der Waals surface area contributed by atoms with Crippen molar-refractivity contribution in [1.82, 2.24) is 30.0 Å². The van der Waals surface area contributed by atoms with E-state index in [1.54, 1.807) is 34.6 Å². The number of anilines is 1. The Morgan fingerprint density at radius 3 is 2.82 bits per heavy atom. The van der Waals surface area contributed by atoms with Gasteiger partial charge in [0.1, 0.15) is 0 Å². The van der Waals surface area contributed by atoms with Gasteiger partial charge in [-0.1, -0.05) is 24.3 Å². The van der Waals surface area contributed by atoms with E-state index < -0.39 is 0 Å². The normalized spacial score (nSPS) is 10.9. The first-order valence-corrected chi connectivity index (χ1v) is 8.69. The van der Waals surface area contributed by atoms with E-state index in [0.29, 0.717) is 29.0 Å². The molecule has 0 bridgehead atoms. The molecule has 0 aliphatic carbocycles. The Kier molecular flexibility index (Phi) is 4.63. The predicted molar refractivity (Wildman–Crippen MR) is 103 cm³/mol. The van der Waals surface area contributed by atoms with Crippen LogP contribution in [0.1, 0.15) is 6.42 Å². The number of hydrogen-bond acceptors (Lipinski definition) is 6. The number of nitrogens with zero attached hydrogens (tertiary/aromatic N) is 6. The lowest BCUT2D eigenvalue weighted by Gasteiger charge is -2.10. The van der Waals surface area contributed by atoms with Gasteiger partial charge in [-0.25, -0.2) is 4.68 Å². The number of fused-ring (bicyclic) bond motifs is 1. The minimum Gasteiger partial charge on any atom is -0.326 e. The van der Waals surface area contributed by atoms with Gasteiger partial charge in [-0.15, -0.1) is 5.10 Å². The SMILES string of the molecule is Cn1nnnc1-c1cccc(NC(=O)CCn2ncc(=O)c3ccccc32)c1. The van der Waals surface area contributed by atoms with Crippen molar-refractivity contribution in [3.63, 3.8) is 0 Å². The van der Waals surface area contributed by atoms with Crippen LogP contribution in [-0.2, 0) is 18.4 Å². The average Bonchev–Trinajstić information content (AvgIpc) is 3.14. The van der Waals surface area contributed by atoms with Crippen molar-refractivity contribution in [2.75, 3.05) is 5.32 Å². The third-order valence-electron chi connectivity index (χ3n) is 4.34. The third kappa shape index (κ3) is 3.50. The number of para-hydroxylation sites is 1. The molecule has 0 unspecified atom stereocenters. The highest BCUT2D eigenvalue weighted by molar-refractivity contribution is 5.91. The fourth-order valence-corrected chi connectivity index (χ4v) is 2.98. The van der Waals surface area contributed by atoms with Crippen LogP contribution >= 0.6 is 0 Å². The number of carbonyl (C=O) groups excluding carboxylic acids is 1. The summed E-state index contributed by atoms with van der Waals surface area (Å²) in [5, 5.41) is 19.0. The maximum Gasteiger partial charge on any atom is 0.226 e. The van der Waals surface area contributed by atoms with Crippen LogP contribution in [0, 0.1) is 0 Å². The van der Waals surface area contributed by atoms with Crippen molar-refractivity contribution in [2.24, 2.45) is 7.05 Å². The maximum absolute atomic E-state index is 12.4. The topological polar surface area (TPSA) is 108 Å². The van der Waals surface area contributed by atoms with Gasteiger partial charge in [0.25, 0.3) is 0 Å². The van der Waals surface area contributed by atoms with Gasteiger partial charge in [0.15, 0.2) is 5.82 Å². The molecule has 140 valence electrons. The lowest BCUT2D eigenvalue weighted by Crippen LogP contribution is -2.18. The summed E-state index contributed by atoms with van der Waals surface area (Å²) in [6, 6.07) is 14.5. The van der Waals surface area contributed by atoms with E-state index in [0.717, 1.165) is 5.56 Å². The second-order valence-corrected chi connectivity index (χ2v) is 6.25. The minimum atomic E-state index is -0.155. The standard InChI is InChI=1S/C19H17N7O2/c1-25-19(22-23-24-25)13-5-4-6-14(11-13)21-18(28)9-10-26-16-8-3-2-7-15(16)17(27)12-20-26/h2-8,11-12H,9-10H2,1H3,(H,21,28). The van der Waals surface area contributed by atoms with Gasteiger partial charge in [0.2, 0.25) is 11.3 Å². The summed E-state index contributed by atoms with van der Waals surface area (Å²) in [6.07, 6.45) is 1.49. The molecular formula is C19H17N7O2. The molecule has 4 aromatic rings. The highest BCUT2D eigenvalue weighted by Gasteiger charge is 2.09. The Labute approximate surface area is 159 Å². The van der Waals surface area contributed by atoms with E-state index in [9.17, 15) is 9.59 Å². The molecule has 0 aliphatic heterocycles. The fourth-order valence-electron chi connectivity index (χ4n) is 2.98. The molecule has 0 radical (unpaired) electrons. The maximum atomic E-state index is 12.4. The van der Waals surface area contributed by atoms with Crippen molar-refractivity contribution < 1.29 is 4.79 Å². The van der Waals surface area contributed by atoms with E-state index in [1.807, 2.05) is 30.3 Å². The van der Waals surface area contributed by atoms with Crippen LogP contribution in [0.15, 0.2) is 59.5 Å². The molecule has 0 atom stereocenters. The number of hydrogen-bond donors (Lipinski definition) is 1. The summed E-state index contributed by atoms with van der Waals surface area (Å²) in [5.41, 5.74) is 2.03. The van der Waals surface area contributed by atoms with Crippen molar-refractivity contribution >= 4 is 22.5 Å². The molecule has 0 aliphatic rings. The Hall–Kier alpha value is -3.88. The van der Waals surface area contributed by atoms with Crippen molar-refractivity contribution in [3.8, 4) is 11.4 Å². The summed E-state index contributed by atoms with van der Waals surface area (Å²) in [6.45, 7) is 0.361. The Balaban J connectivity index is 1.47. The highest BCUT2D eigenvalue weighted by atomic mass is 16.1. The molecule has 2 aromatic heterocycles. The summed E-state index contributed by atoms with van der Waals surface area (Å²) in [4.78, 5) is 24.3. The van der Waals surface area contributed by atoms with Gasteiger partial charge in [-0.05, 0) is 34.7 Å². The zero-order valence-electron chi connectivity index (χ0n) is 15.1. The molecule has 0 fully saturated rings. The van der Waals surface area contributed by atoms with Gasteiger partial charge >= 0.3 is 0 Å². The number of benzene rings is 2. The summed E-state index contributed by atoms with van der Waals surface area (Å²) in [5.74, 6) is 0.456. The largest absolute Gasteiger partial charge is 0.326 e. The molecule has 0 spiro atoms. The summed E-state index contributed by atoms with van der Waals surface area (Å²) < 4.78 is 3.23. The van der Waals surface area contributed by atoms with Gasteiger partial charge in [0.05, 0.1) is 18.3 Å². The molecule has 0 saturated heterocycles. The molecule has 28 heavy (non-hydrogen) atoms.